The van der Waals surface area contributed by atoms with Gasteiger partial charge in [0.1, 0.15) is 11.6 Å². The van der Waals surface area contributed by atoms with Gasteiger partial charge in [0, 0.05) is 19.4 Å². The second kappa shape index (κ2) is 7.91. The topological polar surface area (TPSA) is 67.6 Å². The third kappa shape index (κ3) is 3.75. The Bertz CT molecular complexity index is 758. The van der Waals surface area contributed by atoms with Crippen LogP contribution in [0.15, 0.2) is 36.7 Å². The van der Waals surface area contributed by atoms with Crippen LogP contribution in [0.4, 0.5) is 0 Å². The van der Waals surface area contributed by atoms with E-state index in [-0.39, 0.29) is 18.0 Å². The number of hydrogen-bond acceptors (Lipinski definition) is 4. The average molecular weight is 357 g/mol. The lowest BCUT2D eigenvalue weighted by Crippen LogP contribution is -2.50. The van der Waals surface area contributed by atoms with Gasteiger partial charge in [-0.15, -0.1) is 0 Å². The number of aryl methyl sites for hydroxylation is 1. The molecule has 0 unspecified atom stereocenters. The van der Waals surface area contributed by atoms with Crippen LogP contribution >= 0.6 is 0 Å². The zero-order valence-corrected chi connectivity index (χ0v) is 15.6. The Balaban J connectivity index is 1.70. The van der Waals surface area contributed by atoms with Crippen molar-refractivity contribution in [3.05, 3.63) is 48.0 Å². The second-order valence-corrected chi connectivity index (χ2v) is 6.97. The zero-order chi connectivity index (χ0) is 18.7. The molecule has 6 heteroatoms. The Morgan fingerprint density at radius 2 is 2.23 bits per heavy atom. The van der Waals surface area contributed by atoms with E-state index in [2.05, 4.69) is 4.98 Å². The monoisotopic (exact) mass is 357 g/mol. The molecule has 1 aromatic carbocycles. The molecule has 0 spiro atoms. The first-order chi connectivity index (χ1) is 12.5. The van der Waals surface area contributed by atoms with Crippen molar-refractivity contribution in [2.24, 2.45) is 0 Å². The summed E-state index contributed by atoms with van der Waals surface area (Å²) in [6.45, 7) is 1.94. The van der Waals surface area contributed by atoms with E-state index in [1.54, 1.807) is 25.3 Å². The van der Waals surface area contributed by atoms with Crippen molar-refractivity contribution in [3.8, 4) is 5.75 Å². The Kier molecular flexibility index (Phi) is 5.61. The first-order valence-corrected chi connectivity index (χ1v) is 9.07. The van der Waals surface area contributed by atoms with E-state index in [0.717, 1.165) is 36.4 Å². The Morgan fingerprint density at radius 1 is 1.42 bits per heavy atom. The molecule has 26 heavy (non-hydrogen) atoms. The van der Waals surface area contributed by atoms with Gasteiger partial charge in [-0.05, 0) is 43.9 Å². The molecule has 1 aliphatic carbocycles. The van der Waals surface area contributed by atoms with Crippen LogP contribution < -0.4 is 4.74 Å². The Hall–Kier alpha value is -2.34. The number of nitrogens with zero attached hydrogens (tertiary/aromatic N) is 3. The fourth-order valence-corrected chi connectivity index (χ4v) is 3.87. The summed E-state index contributed by atoms with van der Waals surface area (Å²) < 4.78 is 7.25. The van der Waals surface area contributed by atoms with Crippen molar-refractivity contribution >= 4 is 5.91 Å². The van der Waals surface area contributed by atoms with Crippen LogP contribution in [0.5, 0.6) is 5.75 Å². The maximum absolute atomic E-state index is 12.8. The van der Waals surface area contributed by atoms with Gasteiger partial charge < -0.3 is 19.3 Å². The molecule has 1 N–H and O–H groups in total. The zero-order valence-electron chi connectivity index (χ0n) is 15.6. The van der Waals surface area contributed by atoms with Gasteiger partial charge in [-0.25, -0.2) is 4.98 Å². The van der Waals surface area contributed by atoms with Crippen molar-refractivity contribution in [3.63, 3.8) is 0 Å². The first kappa shape index (κ1) is 18.5. The van der Waals surface area contributed by atoms with Crippen LogP contribution in [0, 0.1) is 6.92 Å². The van der Waals surface area contributed by atoms with Crippen molar-refractivity contribution in [2.45, 2.75) is 50.8 Å². The Labute approximate surface area is 154 Å². The number of aliphatic hydroxyl groups is 1. The molecule has 1 aromatic heterocycles. The fraction of sp³-hybridized carbons (Fsp3) is 0.500. The molecule has 0 saturated heterocycles. The van der Waals surface area contributed by atoms with E-state index >= 15 is 0 Å². The minimum Gasteiger partial charge on any atom is -0.497 e. The maximum atomic E-state index is 12.8. The van der Waals surface area contributed by atoms with E-state index in [1.807, 2.05) is 42.0 Å². The number of methoxy groups -OCH3 is 1. The summed E-state index contributed by atoms with van der Waals surface area (Å²) in [4.78, 5) is 18.7. The van der Waals surface area contributed by atoms with Gasteiger partial charge in [0.05, 0.1) is 31.7 Å². The largest absolute Gasteiger partial charge is 0.497 e. The summed E-state index contributed by atoms with van der Waals surface area (Å²) >= 11 is 0. The lowest BCUT2D eigenvalue weighted by atomic mass is 9.86. The number of hydrogen-bond donors (Lipinski definition) is 1. The fourth-order valence-electron chi connectivity index (χ4n) is 3.87. The molecule has 0 aliphatic heterocycles. The lowest BCUT2D eigenvalue weighted by Gasteiger charge is -2.40. The van der Waals surface area contributed by atoms with Gasteiger partial charge in [-0.3, -0.25) is 4.79 Å². The van der Waals surface area contributed by atoms with Crippen molar-refractivity contribution in [1.29, 1.82) is 0 Å². The van der Waals surface area contributed by atoms with Gasteiger partial charge in [0.25, 0.3) is 0 Å². The molecule has 140 valence electrons. The summed E-state index contributed by atoms with van der Waals surface area (Å²) in [5.74, 6) is 1.64. The molecule has 6 nitrogen and oxygen atoms in total. The molecule has 2 aromatic rings. The van der Waals surface area contributed by atoms with Crippen LogP contribution in [-0.4, -0.2) is 51.8 Å². The average Bonchev–Trinajstić information content (AvgIpc) is 3.07. The minimum atomic E-state index is -0.601. The highest BCUT2D eigenvalue weighted by Crippen LogP contribution is 2.32. The number of ether oxygens (including phenoxy) is 1. The van der Waals surface area contributed by atoms with Crippen LogP contribution in [0.3, 0.4) is 0 Å². The van der Waals surface area contributed by atoms with E-state index in [1.165, 1.54) is 0 Å². The summed E-state index contributed by atoms with van der Waals surface area (Å²) in [5, 5.41) is 10.9. The van der Waals surface area contributed by atoms with E-state index < -0.39 is 6.10 Å². The maximum Gasteiger partial charge on any atom is 0.227 e. The molecule has 1 aliphatic rings. The lowest BCUT2D eigenvalue weighted by molar-refractivity contribution is -0.135. The predicted molar refractivity (Wildman–Crippen MR) is 99.1 cm³/mol. The van der Waals surface area contributed by atoms with Crippen molar-refractivity contribution < 1.29 is 14.6 Å². The molecule has 3 rings (SSSR count). The molecule has 1 saturated carbocycles. The molecule has 3 atom stereocenters. The highest BCUT2D eigenvalue weighted by molar-refractivity contribution is 5.79. The highest BCUT2D eigenvalue weighted by Gasteiger charge is 2.37. The van der Waals surface area contributed by atoms with Crippen LogP contribution in [0.2, 0.25) is 0 Å². The number of aliphatic hydroxyl groups excluding tert-OH is 1. The van der Waals surface area contributed by atoms with Gasteiger partial charge in [0.15, 0.2) is 0 Å². The molecule has 0 radical (unpaired) electrons. The predicted octanol–water partition coefficient (Wildman–Crippen LogP) is 2.36. The smallest absolute Gasteiger partial charge is 0.227 e. The summed E-state index contributed by atoms with van der Waals surface area (Å²) in [6, 6.07) is 7.32. The number of amides is 1. The Morgan fingerprint density at radius 3 is 2.92 bits per heavy atom. The number of likely N-dealkylation sites (N-methyl/N-ethyl adjacent to an activating group) is 1. The van der Waals surface area contributed by atoms with E-state index in [9.17, 15) is 9.90 Å². The molecule has 1 heterocycles. The number of benzene rings is 1. The number of carbonyl (C=O) groups is 1. The van der Waals surface area contributed by atoms with E-state index in [0.29, 0.717) is 6.42 Å². The minimum absolute atomic E-state index is 0.00491. The number of carbonyl (C=O) groups excluding carboxylic acids is 1. The van der Waals surface area contributed by atoms with Crippen LogP contribution in [-0.2, 0) is 11.2 Å². The molecule has 0 bridgehead atoms. The number of rotatable bonds is 5. The molecule has 1 fully saturated rings. The first-order valence-electron chi connectivity index (χ1n) is 9.07. The number of imidazole rings is 1. The highest BCUT2D eigenvalue weighted by atomic mass is 16.5. The second-order valence-electron chi connectivity index (χ2n) is 6.97. The van der Waals surface area contributed by atoms with Gasteiger partial charge in [0.2, 0.25) is 5.91 Å². The molecule has 1 amide bonds. The number of aromatic nitrogens is 2. The SMILES string of the molecule is COc1cccc(CC(=O)N(C)[C@@H]2CCC[C@@H](n3ccnc3C)[C@@H]2O)c1. The quantitative estimate of drug-likeness (QED) is 0.892. The van der Waals surface area contributed by atoms with Crippen molar-refractivity contribution in [2.75, 3.05) is 14.2 Å². The molecular formula is C20H27N3O3. The third-order valence-corrected chi connectivity index (χ3v) is 5.39. The van der Waals surface area contributed by atoms with E-state index in [4.69, 9.17) is 4.74 Å². The summed E-state index contributed by atoms with van der Waals surface area (Å²) in [6.07, 6.45) is 6.04. The summed E-state index contributed by atoms with van der Waals surface area (Å²) in [5.41, 5.74) is 0.911. The van der Waals surface area contributed by atoms with Crippen LogP contribution in [0.25, 0.3) is 0 Å². The standard InChI is InChI=1S/C20H27N3O3/c1-14-21-10-11-23(14)18-9-5-8-17(20(18)25)22(2)19(24)13-15-6-4-7-16(12-15)26-3/h4,6-7,10-12,17-18,20,25H,5,8-9,13H2,1-3H3/t17-,18-,20-/m1/s1. The van der Waals surface area contributed by atoms with Crippen molar-refractivity contribution in [1.82, 2.24) is 14.5 Å². The molecular weight excluding hydrogens is 330 g/mol. The van der Waals surface area contributed by atoms with Crippen LogP contribution in [0.1, 0.15) is 36.7 Å². The van der Waals surface area contributed by atoms with Gasteiger partial charge in [-0.2, -0.15) is 0 Å². The summed E-state index contributed by atoms with van der Waals surface area (Å²) in [7, 11) is 3.41. The van der Waals surface area contributed by atoms with Gasteiger partial charge in [-0.1, -0.05) is 12.1 Å². The third-order valence-electron chi connectivity index (χ3n) is 5.39. The van der Waals surface area contributed by atoms with Gasteiger partial charge >= 0.3 is 0 Å². The normalized spacial score (nSPS) is 22.8.